The Hall–Kier alpha value is -2.67. The van der Waals surface area contributed by atoms with E-state index in [0.29, 0.717) is 6.54 Å². The lowest BCUT2D eigenvalue weighted by Gasteiger charge is -2.17. The lowest BCUT2D eigenvalue weighted by molar-refractivity contribution is -0.133. The van der Waals surface area contributed by atoms with E-state index in [1.807, 2.05) is 31.2 Å². The van der Waals surface area contributed by atoms with Gasteiger partial charge in [-0.2, -0.15) is 0 Å². The first-order valence-corrected chi connectivity index (χ1v) is 10.2. The number of aryl methyl sites for hydroxylation is 1. The van der Waals surface area contributed by atoms with Gasteiger partial charge in [0.15, 0.2) is 16.4 Å². The third kappa shape index (κ3) is 5.40. The summed E-state index contributed by atoms with van der Waals surface area (Å²) in [6.07, 6.45) is 0. The number of ether oxygens (including phenoxy) is 1. The van der Waals surface area contributed by atoms with Crippen molar-refractivity contribution < 1.29 is 22.7 Å². The van der Waals surface area contributed by atoms with E-state index in [4.69, 9.17) is 4.74 Å². The minimum atomic E-state index is -3.57. The molecule has 0 aliphatic carbocycles. The number of hydrogen-bond acceptors (Lipinski definition) is 5. The molecule has 2 aromatic rings. The molecule has 0 atom stereocenters. The average molecular weight is 389 g/mol. The maximum absolute atomic E-state index is 12.3. The van der Waals surface area contributed by atoms with Crippen LogP contribution in [0.25, 0.3) is 0 Å². The van der Waals surface area contributed by atoms with Crippen LogP contribution in [0.4, 0.5) is 0 Å². The van der Waals surface area contributed by atoms with Crippen molar-refractivity contribution in [2.45, 2.75) is 25.3 Å². The van der Waals surface area contributed by atoms with E-state index in [-0.39, 0.29) is 22.1 Å². The first-order chi connectivity index (χ1) is 12.7. The molecule has 0 N–H and O–H groups in total. The summed E-state index contributed by atoms with van der Waals surface area (Å²) in [7, 11) is -1.95. The van der Waals surface area contributed by atoms with Gasteiger partial charge in [0, 0.05) is 13.6 Å². The number of carbonyl (C=O) groups excluding carboxylic acids is 2. The number of rotatable bonds is 7. The fourth-order valence-electron chi connectivity index (χ4n) is 2.43. The smallest absolute Gasteiger partial charge is 0.339 e. The van der Waals surface area contributed by atoms with Crippen LogP contribution in [0.3, 0.4) is 0 Å². The van der Waals surface area contributed by atoms with Gasteiger partial charge in [-0.1, -0.05) is 48.9 Å². The van der Waals surface area contributed by atoms with E-state index < -0.39 is 22.4 Å². The van der Waals surface area contributed by atoms with Crippen molar-refractivity contribution in [3.63, 3.8) is 0 Å². The Bertz CT molecular complexity index is 920. The van der Waals surface area contributed by atoms with E-state index in [1.54, 1.807) is 19.2 Å². The van der Waals surface area contributed by atoms with Gasteiger partial charge in [0.1, 0.15) is 0 Å². The molecule has 0 aliphatic heterocycles. The van der Waals surface area contributed by atoms with Crippen molar-refractivity contribution in [2.24, 2.45) is 0 Å². The van der Waals surface area contributed by atoms with Crippen LogP contribution in [-0.4, -0.2) is 44.6 Å². The summed E-state index contributed by atoms with van der Waals surface area (Å²) in [5.41, 5.74) is 2.03. The predicted molar refractivity (Wildman–Crippen MR) is 102 cm³/mol. The number of carbonyl (C=O) groups is 2. The van der Waals surface area contributed by atoms with Crippen LogP contribution >= 0.6 is 0 Å². The second-order valence-electron chi connectivity index (χ2n) is 6.21. The minimum absolute atomic E-state index is 0.0617. The first kappa shape index (κ1) is 20.6. The molecule has 1 amide bonds. The Morgan fingerprint density at radius 2 is 1.67 bits per heavy atom. The second-order valence-corrected chi connectivity index (χ2v) is 8.46. The van der Waals surface area contributed by atoms with Crippen LogP contribution in [0.1, 0.15) is 28.4 Å². The molecule has 0 radical (unpaired) electrons. The lowest BCUT2D eigenvalue weighted by Crippen LogP contribution is -2.31. The Labute approximate surface area is 159 Å². The van der Waals surface area contributed by atoms with Crippen LogP contribution in [-0.2, 0) is 25.9 Å². The number of likely N-dealkylation sites (N-methyl/N-ethyl adjacent to an activating group) is 1. The molecule has 6 nitrogen and oxygen atoms in total. The highest BCUT2D eigenvalue weighted by atomic mass is 32.2. The zero-order chi connectivity index (χ0) is 20.0. The summed E-state index contributed by atoms with van der Waals surface area (Å²) in [5, 5.41) is 0. The van der Waals surface area contributed by atoms with Gasteiger partial charge in [-0.05, 0) is 24.6 Å². The normalized spacial score (nSPS) is 11.1. The van der Waals surface area contributed by atoms with Gasteiger partial charge in [0.2, 0.25) is 0 Å². The molecule has 0 saturated heterocycles. The lowest BCUT2D eigenvalue weighted by atomic mass is 10.1. The molecule has 0 heterocycles. The Morgan fingerprint density at radius 1 is 1.04 bits per heavy atom. The van der Waals surface area contributed by atoms with Crippen molar-refractivity contribution in [3.05, 3.63) is 65.2 Å². The zero-order valence-electron chi connectivity index (χ0n) is 15.6. The summed E-state index contributed by atoms with van der Waals surface area (Å²) in [6.45, 7) is 3.41. The summed E-state index contributed by atoms with van der Waals surface area (Å²) >= 11 is 0. The zero-order valence-corrected chi connectivity index (χ0v) is 16.5. The van der Waals surface area contributed by atoms with Crippen LogP contribution in [0, 0.1) is 6.92 Å². The number of esters is 1. The third-order valence-corrected chi connectivity index (χ3v) is 5.90. The molecule has 2 rings (SSSR count). The number of amides is 1. The van der Waals surface area contributed by atoms with Crippen molar-refractivity contribution in [1.29, 1.82) is 0 Å². The average Bonchev–Trinajstić information content (AvgIpc) is 2.67. The monoisotopic (exact) mass is 389 g/mol. The summed E-state index contributed by atoms with van der Waals surface area (Å²) in [4.78, 5) is 25.9. The molecule has 144 valence electrons. The van der Waals surface area contributed by atoms with Gasteiger partial charge in [-0.3, -0.25) is 4.79 Å². The van der Waals surface area contributed by atoms with Crippen LogP contribution < -0.4 is 0 Å². The van der Waals surface area contributed by atoms with E-state index in [1.165, 1.54) is 24.0 Å². The number of benzene rings is 2. The molecular formula is C20H23NO5S. The maximum atomic E-state index is 12.3. The largest absolute Gasteiger partial charge is 0.452 e. The van der Waals surface area contributed by atoms with Gasteiger partial charge in [0.25, 0.3) is 5.91 Å². The second kappa shape index (κ2) is 8.81. The summed E-state index contributed by atoms with van der Waals surface area (Å²) < 4.78 is 29.3. The molecule has 0 aromatic heterocycles. The quantitative estimate of drug-likeness (QED) is 0.680. The Kier molecular flexibility index (Phi) is 6.74. The summed E-state index contributed by atoms with van der Waals surface area (Å²) in [6, 6.07) is 13.6. The molecule has 0 aliphatic rings. The van der Waals surface area contributed by atoms with Gasteiger partial charge < -0.3 is 9.64 Å². The van der Waals surface area contributed by atoms with E-state index in [0.717, 1.165) is 11.1 Å². The van der Waals surface area contributed by atoms with Crippen LogP contribution in [0.2, 0.25) is 0 Å². The molecule has 0 saturated carbocycles. The SMILES string of the molecule is CCS(=O)(=O)c1ccccc1C(=O)OCC(=O)N(C)Cc1ccc(C)cc1. The number of sulfone groups is 1. The van der Waals surface area contributed by atoms with Gasteiger partial charge in [-0.25, -0.2) is 13.2 Å². The van der Waals surface area contributed by atoms with E-state index in [9.17, 15) is 18.0 Å². The molecular weight excluding hydrogens is 366 g/mol. The van der Waals surface area contributed by atoms with Crippen LogP contribution in [0.5, 0.6) is 0 Å². The highest BCUT2D eigenvalue weighted by Gasteiger charge is 2.22. The van der Waals surface area contributed by atoms with Crippen molar-refractivity contribution in [3.8, 4) is 0 Å². The maximum Gasteiger partial charge on any atom is 0.339 e. The van der Waals surface area contributed by atoms with Gasteiger partial charge >= 0.3 is 5.97 Å². The molecule has 27 heavy (non-hydrogen) atoms. The van der Waals surface area contributed by atoms with Crippen molar-refractivity contribution in [2.75, 3.05) is 19.4 Å². The Balaban J connectivity index is 2.01. The fourth-order valence-corrected chi connectivity index (χ4v) is 3.52. The molecule has 0 spiro atoms. The van der Waals surface area contributed by atoms with E-state index >= 15 is 0 Å². The highest BCUT2D eigenvalue weighted by molar-refractivity contribution is 7.91. The molecule has 2 aromatic carbocycles. The highest BCUT2D eigenvalue weighted by Crippen LogP contribution is 2.18. The Morgan fingerprint density at radius 3 is 2.30 bits per heavy atom. The minimum Gasteiger partial charge on any atom is -0.452 e. The topological polar surface area (TPSA) is 80.7 Å². The molecule has 7 heteroatoms. The van der Waals surface area contributed by atoms with E-state index in [2.05, 4.69) is 0 Å². The van der Waals surface area contributed by atoms with Gasteiger partial charge in [0.05, 0.1) is 16.2 Å². The van der Waals surface area contributed by atoms with Crippen molar-refractivity contribution in [1.82, 2.24) is 4.90 Å². The predicted octanol–water partition coefficient (Wildman–Crippen LogP) is 2.60. The number of hydrogen-bond donors (Lipinski definition) is 0. The first-order valence-electron chi connectivity index (χ1n) is 8.53. The third-order valence-electron chi connectivity index (χ3n) is 4.11. The summed E-state index contributed by atoms with van der Waals surface area (Å²) in [5.74, 6) is -1.34. The number of nitrogens with zero attached hydrogens (tertiary/aromatic N) is 1. The van der Waals surface area contributed by atoms with Crippen molar-refractivity contribution >= 4 is 21.7 Å². The van der Waals surface area contributed by atoms with Gasteiger partial charge in [-0.15, -0.1) is 0 Å². The standard InChI is InChI=1S/C20H23NO5S/c1-4-27(24,25)18-8-6-5-7-17(18)20(23)26-14-19(22)21(3)13-16-11-9-15(2)10-12-16/h5-12H,4,13-14H2,1-3H3. The van der Waals surface area contributed by atoms with Crippen LogP contribution in [0.15, 0.2) is 53.4 Å². The fraction of sp³-hybridized carbons (Fsp3) is 0.300. The molecule has 0 unspecified atom stereocenters. The molecule has 0 bridgehead atoms. The molecule has 0 fully saturated rings.